The SMILES string of the molecule is CC(C)c1ccc(C=O)s1.CN. The van der Waals surface area contributed by atoms with Gasteiger partial charge in [0.2, 0.25) is 0 Å². The number of thiophene rings is 1. The monoisotopic (exact) mass is 185 g/mol. The van der Waals surface area contributed by atoms with Crippen LogP contribution >= 0.6 is 11.3 Å². The van der Waals surface area contributed by atoms with Gasteiger partial charge in [0, 0.05) is 4.88 Å². The smallest absolute Gasteiger partial charge is 0.160 e. The Hall–Kier alpha value is -0.670. The maximum absolute atomic E-state index is 10.3. The summed E-state index contributed by atoms with van der Waals surface area (Å²) in [5.41, 5.74) is 4.50. The second-order valence-corrected chi connectivity index (χ2v) is 3.66. The van der Waals surface area contributed by atoms with Gasteiger partial charge in [0.05, 0.1) is 4.88 Å². The van der Waals surface area contributed by atoms with Gasteiger partial charge in [0.1, 0.15) is 0 Å². The molecule has 1 rings (SSSR count). The van der Waals surface area contributed by atoms with E-state index in [0.717, 1.165) is 11.2 Å². The lowest BCUT2D eigenvalue weighted by Crippen LogP contribution is -1.77. The summed E-state index contributed by atoms with van der Waals surface area (Å²) in [6.45, 7) is 4.25. The molecular weight excluding hydrogens is 170 g/mol. The van der Waals surface area contributed by atoms with E-state index in [1.54, 1.807) is 11.3 Å². The van der Waals surface area contributed by atoms with Crippen LogP contribution in [0.4, 0.5) is 0 Å². The average molecular weight is 185 g/mol. The van der Waals surface area contributed by atoms with E-state index in [2.05, 4.69) is 19.6 Å². The van der Waals surface area contributed by atoms with Crippen LogP contribution < -0.4 is 5.73 Å². The first kappa shape index (κ1) is 11.3. The van der Waals surface area contributed by atoms with Crippen molar-refractivity contribution in [2.45, 2.75) is 19.8 Å². The highest BCUT2D eigenvalue weighted by atomic mass is 32.1. The van der Waals surface area contributed by atoms with Crippen molar-refractivity contribution < 1.29 is 4.79 Å². The van der Waals surface area contributed by atoms with Crippen molar-refractivity contribution in [1.29, 1.82) is 0 Å². The van der Waals surface area contributed by atoms with Gasteiger partial charge in [-0.25, -0.2) is 0 Å². The molecule has 0 aliphatic carbocycles. The molecule has 0 unspecified atom stereocenters. The summed E-state index contributed by atoms with van der Waals surface area (Å²) in [5.74, 6) is 0.540. The maximum atomic E-state index is 10.3. The molecule has 1 heterocycles. The van der Waals surface area contributed by atoms with Crippen molar-refractivity contribution in [2.24, 2.45) is 5.73 Å². The second kappa shape index (κ2) is 5.91. The molecule has 0 spiro atoms. The highest BCUT2D eigenvalue weighted by Crippen LogP contribution is 2.22. The Kier molecular flexibility index (Phi) is 5.58. The number of carbonyl (C=O) groups excluding carboxylic acids is 1. The van der Waals surface area contributed by atoms with E-state index in [1.807, 2.05) is 12.1 Å². The number of hydrogen-bond donors (Lipinski definition) is 1. The number of nitrogens with two attached hydrogens (primary N) is 1. The maximum Gasteiger partial charge on any atom is 0.160 e. The zero-order valence-electron chi connectivity index (χ0n) is 7.70. The topological polar surface area (TPSA) is 43.1 Å². The molecule has 2 N–H and O–H groups in total. The minimum Gasteiger partial charge on any atom is -0.333 e. The van der Waals surface area contributed by atoms with E-state index < -0.39 is 0 Å². The van der Waals surface area contributed by atoms with Crippen LogP contribution in [0.15, 0.2) is 12.1 Å². The minimum atomic E-state index is 0.540. The van der Waals surface area contributed by atoms with E-state index in [-0.39, 0.29) is 0 Å². The summed E-state index contributed by atoms with van der Waals surface area (Å²) < 4.78 is 0. The quantitative estimate of drug-likeness (QED) is 0.718. The Morgan fingerprint density at radius 1 is 1.42 bits per heavy atom. The predicted octanol–water partition coefficient (Wildman–Crippen LogP) is 2.26. The van der Waals surface area contributed by atoms with Crippen LogP contribution in [-0.4, -0.2) is 13.3 Å². The Morgan fingerprint density at radius 3 is 2.25 bits per heavy atom. The van der Waals surface area contributed by atoms with Crippen molar-refractivity contribution >= 4 is 17.6 Å². The number of aldehydes is 1. The molecule has 68 valence electrons. The first-order valence-corrected chi connectivity index (χ1v) is 4.68. The van der Waals surface area contributed by atoms with E-state index in [9.17, 15) is 4.79 Å². The summed E-state index contributed by atoms with van der Waals surface area (Å²) in [4.78, 5) is 12.4. The number of rotatable bonds is 2. The van der Waals surface area contributed by atoms with Gasteiger partial charge in [-0.1, -0.05) is 13.8 Å². The zero-order valence-corrected chi connectivity index (χ0v) is 8.52. The highest BCUT2D eigenvalue weighted by Gasteiger charge is 2.01. The fraction of sp³-hybridized carbons (Fsp3) is 0.444. The molecule has 1 aromatic rings. The van der Waals surface area contributed by atoms with Crippen molar-refractivity contribution in [3.05, 3.63) is 21.9 Å². The molecule has 3 heteroatoms. The summed E-state index contributed by atoms with van der Waals surface area (Å²) in [5, 5.41) is 0. The van der Waals surface area contributed by atoms with Crippen LogP contribution in [0, 0.1) is 0 Å². The summed E-state index contributed by atoms with van der Waals surface area (Å²) in [6.07, 6.45) is 0.899. The third kappa shape index (κ3) is 3.15. The molecule has 0 amide bonds. The Morgan fingerprint density at radius 2 is 2.00 bits per heavy atom. The number of carbonyl (C=O) groups is 1. The normalized spacial score (nSPS) is 9.08. The fourth-order valence-electron chi connectivity index (χ4n) is 0.742. The molecule has 12 heavy (non-hydrogen) atoms. The first-order valence-electron chi connectivity index (χ1n) is 3.86. The van der Waals surface area contributed by atoms with Gasteiger partial charge in [-0.05, 0) is 25.1 Å². The van der Waals surface area contributed by atoms with Gasteiger partial charge in [0.15, 0.2) is 6.29 Å². The number of hydrogen-bond acceptors (Lipinski definition) is 3. The molecule has 0 aromatic carbocycles. The van der Waals surface area contributed by atoms with Gasteiger partial charge >= 0.3 is 0 Å². The Balaban J connectivity index is 0.000000561. The van der Waals surface area contributed by atoms with Crippen molar-refractivity contribution in [2.75, 3.05) is 7.05 Å². The molecule has 0 fully saturated rings. The fourth-order valence-corrected chi connectivity index (χ4v) is 1.57. The lowest BCUT2D eigenvalue weighted by Gasteiger charge is -1.96. The van der Waals surface area contributed by atoms with E-state index in [0.29, 0.717) is 5.92 Å². The van der Waals surface area contributed by atoms with Crippen LogP contribution in [0.1, 0.15) is 34.3 Å². The third-order valence-electron chi connectivity index (χ3n) is 1.33. The van der Waals surface area contributed by atoms with Crippen LogP contribution in [0.3, 0.4) is 0 Å². The average Bonchev–Trinajstić information content (AvgIpc) is 2.55. The molecular formula is C9H15NOS. The molecule has 1 aromatic heterocycles. The van der Waals surface area contributed by atoms with Gasteiger partial charge < -0.3 is 5.73 Å². The van der Waals surface area contributed by atoms with Crippen molar-refractivity contribution in [3.63, 3.8) is 0 Å². The molecule has 0 saturated heterocycles. The Labute approximate surface area is 77.4 Å². The molecule has 2 nitrogen and oxygen atoms in total. The van der Waals surface area contributed by atoms with Gasteiger partial charge in [0.25, 0.3) is 0 Å². The van der Waals surface area contributed by atoms with E-state index in [4.69, 9.17) is 0 Å². The Bertz CT molecular complexity index is 230. The van der Waals surface area contributed by atoms with Gasteiger partial charge in [-0.2, -0.15) is 0 Å². The highest BCUT2D eigenvalue weighted by molar-refractivity contribution is 7.13. The second-order valence-electron chi connectivity index (χ2n) is 2.51. The van der Waals surface area contributed by atoms with Gasteiger partial charge in [-0.15, -0.1) is 11.3 Å². The van der Waals surface area contributed by atoms with E-state index in [1.165, 1.54) is 11.9 Å². The third-order valence-corrected chi connectivity index (χ3v) is 2.64. The molecule has 0 bridgehead atoms. The van der Waals surface area contributed by atoms with Crippen LogP contribution in [0.2, 0.25) is 0 Å². The minimum absolute atomic E-state index is 0.540. The largest absolute Gasteiger partial charge is 0.333 e. The lowest BCUT2D eigenvalue weighted by molar-refractivity contribution is 0.112. The van der Waals surface area contributed by atoms with Gasteiger partial charge in [-0.3, -0.25) is 4.79 Å². The lowest BCUT2D eigenvalue weighted by atomic mass is 10.2. The summed E-state index contributed by atoms with van der Waals surface area (Å²) >= 11 is 1.57. The predicted molar refractivity (Wildman–Crippen MR) is 53.9 cm³/mol. The molecule has 0 aliphatic heterocycles. The van der Waals surface area contributed by atoms with Crippen molar-refractivity contribution in [1.82, 2.24) is 0 Å². The first-order chi connectivity index (χ1) is 5.74. The van der Waals surface area contributed by atoms with Crippen LogP contribution in [0.5, 0.6) is 0 Å². The standard InChI is InChI=1S/C8H10OS.CH5N/c1-6(2)8-4-3-7(5-9)10-8;1-2/h3-6H,1-2H3;2H2,1H3. The molecule has 0 aliphatic rings. The summed E-state index contributed by atoms with van der Waals surface area (Å²) in [6, 6.07) is 3.88. The molecule has 0 saturated carbocycles. The molecule has 0 atom stereocenters. The zero-order chi connectivity index (χ0) is 9.56. The summed E-state index contributed by atoms with van der Waals surface area (Å²) in [7, 11) is 1.50. The molecule has 0 radical (unpaired) electrons. The van der Waals surface area contributed by atoms with E-state index >= 15 is 0 Å². The van der Waals surface area contributed by atoms with Crippen LogP contribution in [0.25, 0.3) is 0 Å². The van der Waals surface area contributed by atoms with Crippen molar-refractivity contribution in [3.8, 4) is 0 Å². The van der Waals surface area contributed by atoms with Crippen LogP contribution in [-0.2, 0) is 0 Å².